The van der Waals surface area contributed by atoms with Gasteiger partial charge in [0.2, 0.25) is 5.91 Å². The largest absolute Gasteiger partial charge is 0.504 e. The first-order valence-corrected chi connectivity index (χ1v) is 15.1. The number of amides is 1. The molecule has 5 aliphatic rings. The molecule has 3 unspecified atom stereocenters. The zero-order valence-corrected chi connectivity index (χ0v) is 23.6. The average molecular weight is 586 g/mol. The number of phenols is 1. The molecule has 7 rings (SSSR count). The highest BCUT2D eigenvalue weighted by Gasteiger charge is 2.75. The van der Waals surface area contributed by atoms with Crippen molar-refractivity contribution in [3.8, 4) is 11.5 Å². The van der Waals surface area contributed by atoms with E-state index >= 15 is 0 Å². The smallest absolute Gasteiger partial charge is 0.246 e. The maximum atomic E-state index is 13.4. The molecule has 1 aromatic heterocycles. The third-order valence-electron chi connectivity index (χ3n) is 9.98. The number of aliphatic hydroxyl groups is 1. The van der Waals surface area contributed by atoms with Crippen LogP contribution in [0.15, 0.2) is 34.1 Å². The Bertz CT molecular complexity index is 1310. The molecule has 37 heavy (non-hydrogen) atoms. The molecule has 8 heteroatoms. The molecular formula is C29H33BrN2O4S. The van der Waals surface area contributed by atoms with Crippen LogP contribution in [0, 0.1) is 11.8 Å². The lowest BCUT2D eigenvalue weighted by Crippen LogP contribution is -2.80. The molecular weight excluding hydrogens is 552 g/mol. The molecule has 2 aromatic rings. The van der Waals surface area contributed by atoms with E-state index in [1.165, 1.54) is 18.4 Å². The Hall–Kier alpha value is -1.87. The van der Waals surface area contributed by atoms with Gasteiger partial charge in [-0.25, -0.2) is 0 Å². The van der Waals surface area contributed by atoms with Crippen LogP contribution < -0.4 is 4.74 Å². The topological polar surface area (TPSA) is 73.2 Å². The first kappa shape index (κ1) is 24.2. The molecule has 2 N–H and O–H groups in total. The molecule has 196 valence electrons. The maximum Gasteiger partial charge on any atom is 0.246 e. The summed E-state index contributed by atoms with van der Waals surface area (Å²) in [7, 11) is 1.85. The van der Waals surface area contributed by atoms with Crippen LogP contribution in [0.5, 0.6) is 11.5 Å². The van der Waals surface area contributed by atoms with Crippen molar-refractivity contribution in [2.45, 2.75) is 68.2 Å². The van der Waals surface area contributed by atoms with Gasteiger partial charge in [0, 0.05) is 46.0 Å². The van der Waals surface area contributed by atoms with Gasteiger partial charge >= 0.3 is 0 Å². The second-order valence-corrected chi connectivity index (χ2v) is 13.7. The number of phenolic OH excluding ortho intramolecular Hbond substituents is 1. The number of aromatic hydroxyl groups is 1. The Morgan fingerprint density at radius 2 is 2.19 bits per heavy atom. The number of rotatable bonds is 5. The number of hydrogen-bond acceptors (Lipinski definition) is 6. The van der Waals surface area contributed by atoms with Crippen molar-refractivity contribution in [3.63, 3.8) is 0 Å². The lowest BCUT2D eigenvalue weighted by atomic mass is 9.45. The number of thiophene rings is 1. The van der Waals surface area contributed by atoms with Crippen molar-refractivity contribution in [2.75, 3.05) is 20.1 Å². The quantitative estimate of drug-likeness (QED) is 0.504. The lowest BCUT2D eigenvalue weighted by Gasteiger charge is -2.67. The summed E-state index contributed by atoms with van der Waals surface area (Å²) in [4.78, 5) is 18.8. The minimum atomic E-state index is -0.976. The lowest BCUT2D eigenvalue weighted by molar-refractivity contribution is -0.224. The van der Waals surface area contributed by atoms with E-state index in [0.29, 0.717) is 12.2 Å². The van der Waals surface area contributed by atoms with Crippen molar-refractivity contribution >= 4 is 39.2 Å². The fraction of sp³-hybridized carbons (Fsp3) is 0.552. The molecule has 1 aromatic carbocycles. The first-order chi connectivity index (χ1) is 17.7. The fourth-order valence-electron chi connectivity index (χ4n) is 8.10. The SMILES string of the molecule is CC1CC(N(C)C(=O)/C=C/c2cc(Br)cs2)C2Oc3c(O)ccc4c3[C@@]23CCN(CC2CC2)[C@H](C4)[C@]13O. The Morgan fingerprint density at radius 3 is 2.92 bits per heavy atom. The van der Waals surface area contributed by atoms with Crippen molar-refractivity contribution < 1.29 is 19.7 Å². The second-order valence-electron chi connectivity index (χ2n) is 11.8. The predicted octanol–water partition coefficient (Wildman–Crippen LogP) is 4.57. The summed E-state index contributed by atoms with van der Waals surface area (Å²) in [6, 6.07) is 5.57. The van der Waals surface area contributed by atoms with E-state index in [9.17, 15) is 15.0 Å². The van der Waals surface area contributed by atoms with Crippen molar-refractivity contribution in [3.05, 3.63) is 50.1 Å². The monoisotopic (exact) mass is 584 g/mol. The van der Waals surface area contributed by atoms with Gasteiger partial charge in [0.25, 0.3) is 0 Å². The van der Waals surface area contributed by atoms with Crippen molar-refractivity contribution in [1.82, 2.24) is 9.80 Å². The number of carbonyl (C=O) groups is 1. The Morgan fingerprint density at radius 1 is 1.38 bits per heavy atom. The summed E-state index contributed by atoms with van der Waals surface area (Å²) < 4.78 is 7.66. The van der Waals surface area contributed by atoms with Crippen LogP contribution in [0.4, 0.5) is 0 Å². The number of halogens is 1. The van der Waals surface area contributed by atoms with Gasteiger partial charge < -0.3 is 19.8 Å². The number of piperidine rings is 1. The molecule has 2 aliphatic heterocycles. The minimum Gasteiger partial charge on any atom is -0.504 e. The van der Waals surface area contributed by atoms with Gasteiger partial charge in [-0.15, -0.1) is 11.3 Å². The van der Waals surface area contributed by atoms with Gasteiger partial charge in [-0.3, -0.25) is 9.69 Å². The molecule has 1 saturated heterocycles. The second kappa shape index (κ2) is 8.31. The van der Waals surface area contributed by atoms with Crippen LogP contribution in [0.1, 0.15) is 48.6 Å². The highest BCUT2D eigenvalue weighted by atomic mass is 79.9. The summed E-state index contributed by atoms with van der Waals surface area (Å²) in [5.41, 5.74) is 0.559. The van der Waals surface area contributed by atoms with Gasteiger partial charge in [0.15, 0.2) is 11.5 Å². The van der Waals surface area contributed by atoms with Crippen LogP contribution >= 0.6 is 27.3 Å². The number of nitrogens with zero attached hydrogens (tertiary/aromatic N) is 2. The Labute approximate surface area is 230 Å². The maximum absolute atomic E-state index is 13.4. The number of likely N-dealkylation sites (tertiary alicyclic amines) is 1. The van der Waals surface area contributed by atoms with Crippen LogP contribution in [0.3, 0.4) is 0 Å². The standard InChI is InChI=1S/C29H33BrN2O4S/c1-16-11-21(31(2)24(34)8-6-20-13-19(30)15-37-20)27-28-9-10-32(14-17-3-4-17)23(29(16,28)35)12-18-5-7-22(33)26(36-27)25(18)28/h5-8,13,15-17,21,23,27,33,35H,3-4,9-12,14H2,1-2H3/b8-6+/t16?,21?,23-,27?,28+,29-/m1/s1. The normalized spacial score (nSPS) is 35.9. The minimum absolute atomic E-state index is 0.0186. The van der Waals surface area contributed by atoms with Crippen molar-refractivity contribution in [2.24, 2.45) is 11.8 Å². The first-order valence-electron chi connectivity index (χ1n) is 13.4. The molecule has 6 nitrogen and oxygen atoms in total. The highest BCUT2D eigenvalue weighted by molar-refractivity contribution is 9.10. The summed E-state index contributed by atoms with van der Waals surface area (Å²) in [5, 5.41) is 25.7. The van der Waals surface area contributed by atoms with Gasteiger partial charge in [0.05, 0.1) is 17.1 Å². The number of hydrogen-bond donors (Lipinski definition) is 2. The average Bonchev–Trinajstić information content (AvgIpc) is 3.48. The third-order valence-corrected chi connectivity index (χ3v) is 11.6. The molecule has 3 heterocycles. The van der Waals surface area contributed by atoms with E-state index < -0.39 is 17.1 Å². The zero-order chi connectivity index (χ0) is 25.7. The molecule has 1 spiro atoms. The molecule has 3 fully saturated rings. The Balaban J connectivity index is 1.29. The van der Waals surface area contributed by atoms with E-state index in [-0.39, 0.29) is 29.7 Å². The highest BCUT2D eigenvalue weighted by Crippen LogP contribution is 2.67. The molecule has 1 amide bonds. The van der Waals surface area contributed by atoms with Crippen LogP contribution in [-0.2, 0) is 16.6 Å². The number of benzene rings is 1. The van der Waals surface area contributed by atoms with Crippen LogP contribution in [0.25, 0.3) is 6.08 Å². The van der Waals surface area contributed by atoms with E-state index in [2.05, 4.69) is 27.8 Å². The van der Waals surface area contributed by atoms with Crippen LogP contribution in [0.2, 0.25) is 0 Å². The summed E-state index contributed by atoms with van der Waals surface area (Å²) in [5.74, 6) is 1.29. The van der Waals surface area contributed by atoms with Gasteiger partial charge in [0.1, 0.15) is 6.10 Å². The summed E-state index contributed by atoms with van der Waals surface area (Å²) in [6.07, 6.45) is 7.85. The van der Waals surface area contributed by atoms with Gasteiger partial charge in [-0.1, -0.05) is 13.0 Å². The van der Waals surface area contributed by atoms with E-state index in [1.54, 1.807) is 28.4 Å². The van der Waals surface area contributed by atoms with E-state index in [1.807, 2.05) is 30.6 Å². The third kappa shape index (κ3) is 3.31. The van der Waals surface area contributed by atoms with Crippen molar-refractivity contribution in [1.29, 1.82) is 0 Å². The predicted molar refractivity (Wildman–Crippen MR) is 147 cm³/mol. The van der Waals surface area contributed by atoms with E-state index in [4.69, 9.17) is 4.74 Å². The molecule has 0 radical (unpaired) electrons. The fourth-order valence-corrected chi connectivity index (χ4v) is 9.44. The number of carbonyl (C=O) groups excluding carboxylic acids is 1. The zero-order valence-electron chi connectivity index (χ0n) is 21.2. The molecule has 2 saturated carbocycles. The number of ether oxygens (including phenoxy) is 1. The molecule has 6 atom stereocenters. The number of likely N-dealkylation sites (N-methyl/N-ethyl adjacent to an activating group) is 1. The molecule has 3 aliphatic carbocycles. The molecule has 2 bridgehead atoms. The summed E-state index contributed by atoms with van der Waals surface area (Å²) >= 11 is 5.05. The summed E-state index contributed by atoms with van der Waals surface area (Å²) in [6.45, 7) is 4.11. The van der Waals surface area contributed by atoms with E-state index in [0.717, 1.165) is 46.8 Å². The van der Waals surface area contributed by atoms with Gasteiger partial charge in [-0.2, -0.15) is 0 Å². The Kier molecular flexibility index (Phi) is 5.43. The van der Waals surface area contributed by atoms with Gasteiger partial charge in [-0.05, 0) is 90.2 Å². The van der Waals surface area contributed by atoms with Crippen LogP contribution in [-0.4, -0.2) is 69.8 Å².